The molecule has 17 heavy (non-hydrogen) atoms. The van der Waals surface area contributed by atoms with Gasteiger partial charge in [0.25, 0.3) is 5.91 Å². The number of hydrogen-bond acceptors (Lipinski definition) is 3. The summed E-state index contributed by atoms with van der Waals surface area (Å²) in [6.45, 7) is 4.24. The van der Waals surface area contributed by atoms with E-state index >= 15 is 0 Å². The first-order valence-electron chi connectivity index (χ1n) is 5.74. The van der Waals surface area contributed by atoms with Gasteiger partial charge in [0, 0.05) is 13.0 Å². The maximum absolute atomic E-state index is 11.8. The highest BCUT2D eigenvalue weighted by Gasteiger charge is 2.41. The Kier molecular flexibility index (Phi) is 3.13. The molecule has 90 valence electrons. The molecule has 0 radical (unpaired) electrons. The van der Waals surface area contributed by atoms with Crippen molar-refractivity contribution in [2.24, 2.45) is 5.16 Å². The van der Waals surface area contributed by atoms with E-state index < -0.39 is 5.60 Å². The number of likely N-dealkylation sites (N-methyl/N-ethyl adjacent to an activating group) is 1. The van der Waals surface area contributed by atoms with E-state index in [1.54, 1.807) is 6.92 Å². The molecule has 0 saturated heterocycles. The Balaban J connectivity index is 2.11. The van der Waals surface area contributed by atoms with Crippen LogP contribution in [0.3, 0.4) is 0 Å². The average molecular weight is 232 g/mol. The fraction of sp³-hybridized carbons (Fsp3) is 0.385. The summed E-state index contributed by atoms with van der Waals surface area (Å²) in [6, 6.07) is 9.76. The van der Waals surface area contributed by atoms with Crippen LogP contribution in [0.5, 0.6) is 0 Å². The van der Waals surface area contributed by atoms with E-state index in [1.165, 1.54) is 0 Å². The average Bonchev–Trinajstić information content (AvgIpc) is 2.75. The van der Waals surface area contributed by atoms with Gasteiger partial charge in [0.15, 0.2) is 0 Å². The summed E-state index contributed by atoms with van der Waals surface area (Å²) in [6.07, 6.45) is 0.503. The van der Waals surface area contributed by atoms with Crippen LogP contribution in [0.2, 0.25) is 0 Å². The Hall–Kier alpha value is -1.84. The third-order valence-corrected chi connectivity index (χ3v) is 2.79. The van der Waals surface area contributed by atoms with Gasteiger partial charge in [-0.1, -0.05) is 35.5 Å². The monoisotopic (exact) mass is 232 g/mol. The molecule has 0 bridgehead atoms. The van der Waals surface area contributed by atoms with Crippen molar-refractivity contribution < 1.29 is 9.63 Å². The van der Waals surface area contributed by atoms with Crippen LogP contribution in [0.1, 0.15) is 25.8 Å². The number of nitrogens with one attached hydrogen (secondary N) is 1. The predicted octanol–water partition coefficient (Wildman–Crippen LogP) is 1.71. The lowest BCUT2D eigenvalue weighted by molar-refractivity contribution is -0.141. The van der Waals surface area contributed by atoms with Gasteiger partial charge in [0.2, 0.25) is 5.60 Å². The molecule has 0 saturated carbocycles. The van der Waals surface area contributed by atoms with Gasteiger partial charge in [-0.2, -0.15) is 0 Å². The maximum atomic E-state index is 11.8. The summed E-state index contributed by atoms with van der Waals surface area (Å²) in [5, 5.41) is 6.78. The molecule has 1 aliphatic heterocycles. The van der Waals surface area contributed by atoms with Crippen LogP contribution in [-0.2, 0) is 9.63 Å². The molecule has 1 N–H and O–H groups in total. The Labute approximate surface area is 101 Å². The first-order chi connectivity index (χ1) is 8.15. The molecule has 0 aromatic heterocycles. The van der Waals surface area contributed by atoms with E-state index in [4.69, 9.17) is 4.84 Å². The van der Waals surface area contributed by atoms with Crippen LogP contribution in [-0.4, -0.2) is 23.8 Å². The third kappa shape index (κ3) is 2.30. The number of amides is 1. The van der Waals surface area contributed by atoms with Crippen molar-refractivity contribution >= 4 is 11.6 Å². The standard InChI is InChI=1S/C13H16N2O2/c1-3-14-12(16)13(2)9-11(15-17-13)10-7-5-4-6-8-10/h4-8H,3,9H2,1-2H3,(H,14,16)/t13-/m1/s1. The molecular formula is C13H16N2O2. The highest BCUT2D eigenvalue weighted by atomic mass is 16.7. The molecule has 0 fully saturated rings. The first-order valence-corrected chi connectivity index (χ1v) is 5.74. The van der Waals surface area contributed by atoms with Gasteiger partial charge in [-0.05, 0) is 19.4 Å². The Morgan fingerprint density at radius 3 is 2.82 bits per heavy atom. The van der Waals surface area contributed by atoms with Crippen LogP contribution < -0.4 is 5.32 Å². The van der Waals surface area contributed by atoms with Crippen molar-refractivity contribution in [1.82, 2.24) is 5.32 Å². The molecule has 1 atom stereocenters. The third-order valence-electron chi connectivity index (χ3n) is 2.79. The lowest BCUT2D eigenvalue weighted by Gasteiger charge is -2.19. The van der Waals surface area contributed by atoms with Crippen LogP contribution in [0.25, 0.3) is 0 Å². The van der Waals surface area contributed by atoms with Crippen molar-refractivity contribution in [3.05, 3.63) is 35.9 Å². The number of rotatable bonds is 3. The van der Waals surface area contributed by atoms with Gasteiger partial charge in [0.1, 0.15) is 0 Å². The number of nitrogens with zero attached hydrogens (tertiary/aromatic N) is 1. The maximum Gasteiger partial charge on any atom is 0.267 e. The number of carbonyl (C=O) groups excluding carboxylic acids is 1. The van der Waals surface area contributed by atoms with E-state index in [0.717, 1.165) is 11.3 Å². The van der Waals surface area contributed by atoms with Gasteiger partial charge < -0.3 is 10.2 Å². The highest BCUT2D eigenvalue weighted by Crippen LogP contribution is 2.26. The smallest absolute Gasteiger partial charge is 0.267 e. The number of oxime groups is 1. The van der Waals surface area contributed by atoms with E-state index in [-0.39, 0.29) is 5.91 Å². The normalized spacial score (nSPS) is 22.8. The number of carbonyl (C=O) groups is 1. The molecule has 4 heteroatoms. The first kappa shape index (κ1) is 11.6. The Morgan fingerprint density at radius 1 is 1.47 bits per heavy atom. The molecule has 1 aromatic carbocycles. The molecule has 1 aromatic rings. The Morgan fingerprint density at radius 2 is 2.18 bits per heavy atom. The van der Waals surface area contributed by atoms with Crippen LogP contribution in [0.4, 0.5) is 0 Å². The molecule has 1 aliphatic rings. The summed E-state index contributed by atoms with van der Waals surface area (Å²) >= 11 is 0. The Bertz CT molecular complexity index is 442. The number of benzene rings is 1. The van der Waals surface area contributed by atoms with E-state index in [9.17, 15) is 4.79 Å². The minimum atomic E-state index is -0.874. The SMILES string of the molecule is CCNC(=O)[C@@]1(C)CC(c2ccccc2)=NO1. The van der Waals surface area contributed by atoms with Gasteiger partial charge in [0.05, 0.1) is 5.71 Å². The van der Waals surface area contributed by atoms with E-state index in [0.29, 0.717) is 13.0 Å². The van der Waals surface area contributed by atoms with Crippen molar-refractivity contribution in [3.63, 3.8) is 0 Å². The molecular weight excluding hydrogens is 216 g/mol. The molecule has 0 spiro atoms. The molecule has 2 rings (SSSR count). The fourth-order valence-electron chi connectivity index (χ4n) is 1.79. The van der Waals surface area contributed by atoms with Gasteiger partial charge in [-0.15, -0.1) is 0 Å². The summed E-state index contributed by atoms with van der Waals surface area (Å²) < 4.78 is 0. The zero-order valence-electron chi connectivity index (χ0n) is 10.1. The second-order valence-corrected chi connectivity index (χ2v) is 4.26. The lowest BCUT2D eigenvalue weighted by atomic mass is 9.95. The minimum Gasteiger partial charge on any atom is -0.379 e. The molecule has 0 aliphatic carbocycles. The fourth-order valence-corrected chi connectivity index (χ4v) is 1.79. The second-order valence-electron chi connectivity index (χ2n) is 4.26. The topological polar surface area (TPSA) is 50.7 Å². The summed E-state index contributed by atoms with van der Waals surface area (Å²) in [4.78, 5) is 17.1. The quantitative estimate of drug-likeness (QED) is 0.862. The number of hydrogen-bond donors (Lipinski definition) is 1. The molecule has 1 heterocycles. The van der Waals surface area contributed by atoms with E-state index in [2.05, 4.69) is 10.5 Å². The van der Waals surface area contributed by atoms with Gasteiger partial charge >= 0.3 is 0 Å². The molecule has 0 unspecified atom stereocenters. The van der Waals surface area contributed by atoms with Crippen LogP contribution >= 0.6 is 0 Å². The zero-order chi connectivity index (χ0) is 12.3. The summed E-state index contributed by atoms with van der Waals surface area (Å²) in [5.41, 5.74) is 0.946. The van der Waals surface area contributed by atoms with Crippen molar-refractivity contribution in [2.45, 2.75) is 25.9 Å². The van der Waals surface area contributed by atoms with Gasteiger partial charge in [-0.3, -0.25) is 4.79 Å². The van der Waals surface area contributed by atoms with Crippen molar-refractivity contribution in [1.29, 1.82) is 0 Å². The van der Waals surface area contributed by atoms with Crippen LogP contribution in [0, 0.1) is 0 Å². The van der Waals surface area contributed by atoms with Crippen LogP contribution in [0.15, 0.2) is 35.5 Å². The lowest BCUT2D eigenvalue weighted by Crippen LogP contribution is -2.44. The zero-order valence-corrected chi connectivity index (χ0v) is 10.1. The van der Waals surface area contributed by atoms with Crippen molar-refractivity contribution in [3.8, 4) is 0 Å². The highest BCUT2D eigenvalue weighted by molar-refractivity contribution is 6.05. The van der Waals surface area contributed by atoms with E-state index in [1.807, 2.05) is 37.3 Å². The van der Waals surface area contributed by atoms with Crippen molar-refractivity contribution in [2.75, 3.05) is 6.54 Å². The summed E-state index contributed by atoms with van der Waals surface area (Å²) in [5.74, 6) is -0.116. The minimum absolute atomic E-state index is 0.116. The largest absolute Gasteiger partial charge is 0.379 e. The second kappa shape index (κ2) is 4.57. The summed E-state index contributed by atoms with van der Waals surface area (Å²) in [7, 11) is 0. The predicted molar refractivity (Wildman–Crippen MR) is 65.8 cm³/mol. The van der Waals surface area contributed by atoms with Gasteiger partial charge in [-0.25, -0.2) is 0 Å². The molecule has 4 nitrogen and oxygen atoms in total. The molecule has 1 amide bonds.